The highest BCUT2D eigenvalue weighted by molar-refractivity contribution is 5.99. The summed E-state index contributed by atoms with van der Waals surface area (Å²) in [6, 6.07) is 5.61. The molecule has 1 saturated heterocycles. The normalized spacial score (nSPS) is 30.3. The smallest absolute Gasteiger partial charge is 0.249 e. The third-order valence-electron chi connectivity index (χ3n) is 3.27. The van der Waals surface area contributed by atoms with E-state index < -0.39 is 12.2 Å². The van der Waals surface area contributed by atoms with Crippen molar-refractivity contribution in [2.45, 2.75) is 24.9 Å². The lowest BCUT2D eigenvalue weighted by molar-refractivity contribution is -0.651. The second-order valence-electron chi connectivity index (χ2n) is 4.56. The Morgan fingerprint density at radius 3 is 3.00 bits per heavy atom. The van der Waals surface area contributed by atoms with Crippen LogP contribution in [0.2, 0.25) is 0 Å². The molecule has 1 aromatic heterocycles. The monoisotopic (exact) mass is 263 g/mol. The quantitative estimate of drug-likeness (QED) is 0.735. The molecule has 3 atom stereocenters. The Hall–Kier alpha value is -1.70. The fourth-order valence-electron chi connectivity index (χ4n) is 2.22. The Bertz CT molecular complexity index is 517. The van der Waals surface area contributed by atoms with Gasteiger partial charge in [0, 0.05) is 12.6 Å². The van der Waals surface area contributed by atoms with Crippen LogP contribution in [0.5, 0.6) is 0 Å². The van der Waals surface area contributed by atoms with Gasteiger partial charge in [-0.1, -0.05) is 6.07 Å². The van der Waals surface area contributed by atoms with Crippen LogP contribution in [0.1, 0.15) is 12.1 Å². The van der Waals surface area contributed by atoms with Crippen molar-refractivity contribution in [1.82, 2.24) is 4.98 Å². The number of ether oxygens (including phenoxy) is 1. The van der Waals surface area contributed by atoms with E-state index in [1.807, 2.05) is 18.2 Å². The van der Waals surface area contributed by atoms with Crippen LogP contribution in [0, 0.1) is 0 Å². The highest BCUT2D eigenvalue weighted by atomic mass is 16.5. The molecular formula is C12H15N4O3+. The summed E-state index contributed by atoms with van der Waals surface area (Å²) in [6.45, 7) is 0.298. The Balaban J connectivity index is 1.66. The van der Waals surface area contributed by atoms with E-state index in [-0.39, 0.29) is 12.8 Å². The maximum atomic E-state index is 9.70. The first kappa shape index (κ1) is 12.3. The predicted octanol–water partition coefficient (Wildman–Crippen LogP) is -0.268. The minimum atomic E-state index is -0.663. The molecule has 2 N–H and O–H groups in total. The highest BCUT2D eigenvalue weighted by Gasteiger charge is 2.41. The molecule has 2 aliphatic heterocycles. The van der Waals surface area contributed by atoms with Gasteiger partial charge in [-0.15, -0.1) is 4.70 Å². The zero-order valence-corrected chi connectivity index (χ0v) is 10.3. The zero-order chi connectivity index (χ0) is 13.2. The fourth-order valence-corrected chi connectivity index (χ4v) is 2.22. The standard InChI is InChI=1S/C12H15N4O3/c17-7-11-10(18)5-12(19-11)16-6-9(14-15-16)8-3-1-2-4-13-8/h1-4,10-12,17-18H,5-7H2/q+1/t10-,11-,12-/m1/s1. The highest BCUT2D eigenvalue weighted by Crippen LogP contribution is 2.22. The van der Waals surface area contributed by atoms with Gasteiger partial charge in [-0.05, 0) is 12.1 Å². The van der Waals surface area contributed by atoms with Crippen molar-refractivity contribution in [2.75, 3.05) is 13.2 Å². The van der Waals surface area contributed by atoms with Crippen LogP contribution in [-0.4, -0.2) is 57.2 Å². The van der Waals surface area contributed by atoms with Gasteiger partial charge in [0.05, 0.1) is 17.8 Å². The molecule has 7 heteroatoms. The van der Waals surface area contributed by atoms with E-state index in [4.69, 9.17) is 9.84 Å². The predicted molar refractivity (Wildman–Crippen MR) is 64.7 cm³/mol. The number of nitrogens with zero attached hydrogens (tertiary/aromatic N) is 4. The second-order valence-corrected chi connectivity index (χ2v) is 4.56. The van der Waals surface area contributed by atoms with Crippen molar-refractivity contribution < 1.29 is 19.6 Å². The van der Waals surface area contributed by atoms with Crippen LogP contribution in [0.4, 0.5) is 0 Å². The Morgan fingerprint density at radius 1 is 1.42 bits per heavy atom. The lowest BCUT2D eigenvalue weighted by Gasteiger charge is -2.09. The third-order valence-corrected chi connectivity index (χ3v) is 3.27. The van der Waals surface area contributed by atoms with Crippen LogP contribution in [-0.2, 0) is 4.74 Å². The van der Waals surface area contributed by atoms with E-state index in [1.165, 1.54) is 0 Å². The van der Waals surface area contributed by atoms with E-state index in [0.29, 0.717) is 13.0 Å². The van der Waals surface area contributed by atoms with Gasteiger partial charge < -0.3 is 14.9 Å². The molecule has 1 aromatic rings. The average molecular weight is 263 g/mol. The van der Waals surface area contributed by atoms with Crippen LogP contribution < -0.4 is 0 Å². The molecule has 0 bridgehead atoms. The first-order valence-corrected chi connectivity index (χ1v) is 6.18. The molecule has 0 radical (unpaired) electrons. The average Bonchev–Trinajstić information content (AvgIpc) is 3.06. The van der Waals surface area contributed by atoms with Gasteiger partial charge in [-0.25, -0.2) is 0 Å². The maximum Gasteiger partial charge on any atom is 0.249 e. The molecule has 3 rings (SSSR count). The topological polar surface area (TPSA) is 90.3 Å². The van der Waals surface area contributed by atoms with Crippen LogP contribution in [0.25, 0.3) is 0 Å². The number of hydrogen-bond donors (Lipinski definition) is 2. The van der Waals surface area contributed by atoms with E-state index >= 15 is 0 Å². The Morgan fingerprint density at radius 2 is 2.32 bits per heavy atom. The van der Waals surface area contributed by atoms with Crippen molar-refractivity contribution >= 4 is 5.71 Å². The fraction of sp³-hybridized carbons (Fsp3) is 0.500. The molecule has 0 aromatic carbocycles. The van der Waals surface area contributed by atoms with E-state index in [2.05, 4.69) is 15.3 Å². The Labute approximate surface area is 109 Å². The summed E-state index contributed by atoms with van der Waals surface area (Å²) < 4.78 is 7.20. The van der Waals surface area contributed by atoms with Gasteiger partial charge in [-0.2, -0.15) is 0 Å². The summed E-state index contributed by atoms with van der Waals surface area (Å²) in [5.74, 6) is 0. The molecule has 0 unspecified atom stereocenters. The second kappa shape index (κ2) is 5.12. The number of aliphatic hydroxyl groups excluding tert-OH is 2. The van der Waals surface area contributed by atoms with Gasteiger partial charge in [0.1, 0.15) is 17.0 Å². The largest absolute Gasteiger partial charge is 0.394 e. The minimum Gasteiger partial charge on any atom is -0.394 e. The van der Waals surface area contributed by atoms with Gasteiger partial charge >= 0.3 is 0 Å². The summed E-state index contributed by atoms with van der Waals surface area (Å²) in [7, 11) is 0. The first-order valence-electron chi connectivity index (χ1n) is 6.18. The molecular weight excluding hydrogens is 248 g/mol. The lowest BCUT2D eigenvalue weighted by Crippen LogP contribution is -2.28. The summed E-state index contributed by atoms with van der Waals surface area (Å²) in [5.41, 5.74) is 1.55. The first-order chi connectivity index (χ1) is 9.28. The molecule has 2 aliphatic rings. The summed E-state index contributed by atoms with van der Waals surface area (Å²) in [5, 5.41) is 26.9. The summed E-state index contributed by atoms with van der Waals surface area (Å²) >= 11 is 0. The molecule has 100 valence electrons. The molecule has 0 spiro atoms. The summed E-state index contributed by atoms with van der Waals surface area (Å²) in [6.07, 6.45) is 0.568. The van der Waals surface area contributed by atoms with Crippen LogP contribution in [0.3, 0.4) is 0 Å². The van der Waals surface area contributed by atoms with Gasteiger partial charge in [0.2, 0.25) is 11.9 Å². The van der Waals surface area contributed by atoms with Crippen LogP contribution >= 0.6 is 0 Å². The van der Waals surface area contributed by atoms with E-state index in [0.717, 1.165) is 11.4 Å². The maximum absolute atomic E-state index is 9.70. The Kier molecular flexibility index (Phi) is 3.33. The number of aromatic nitrogens is 1. The number of hydrogen-bond acceptors (Lipinski definition) is 6. The van der Waals surface area contributed by atoms with E-state index in [1.54, 1.807) is 10.9 Å². The number of aliphatic hydroxyl groups is 2. The molecule has 0 amide bonds. The molecule has 0 aliphatic carbocycles. The van der Waals surface area contributed by atoms with Crippen molar-refractivity contribution in [3.8, 4) is 0 Å². The van der Waals surface area contributed by atoms with Crippen molar-refractivity contribution in [1.29, 1.82) is 0 Å². The number of pyridine rings is 1. The SMILES string of the molecule is OC[C@H]1O[C@@H]([N+]2=NN=C(c3ccccn3)C2)C[C@H]1O. The number of rotatable bonds is 3. The van der Waals surface area contributed by atoms with Gasteiger partial charge in [0.25, 0.3) is 0 Å². The van der Waals surface area contributed by atoms with Gasteiger partial charge in [-0.3, -0.25) is 4.98 Å². The molecule has 1 fully saturated rings. The molecule has 3 heterocycles. The van der Waals surface area contributed by atoms with Crippen molar-refractivity contribution in [3.05, 3.63) is 30.1 Å². The van der Waals surface area contributed by atoms with Gasteiger partial charge in [0.15, 0.2) is 6.54 Å². The van der Waals surface area contributed by atoms with E-state index in [9.17, 15) is 5.11 Å². The zero-order valence-electron chi connectivity index (χ0n) is 10.3. The lowest BCUT2D eigenvalue weighted by atomic mass is 10.2. The minimum absolute atomic E-state index is 0.195. The molecule has 0 saturated carbocycles. The van der Waals surface area contributed by atoms with Crippen molar-refractivity contribution in [2.24, 2.45) is 10.3 Å². The van der Waals surface area contributed by atoms with Crippen molar-refractivity contribution in [3.63, 3.8) is 0 Å². The molecule has 7 nitrogen and oxygen atoms in total. The third kappa shape index (κ3) is 2.40. The molecule has 19 heavy (non-hydrogen) atoms. The summed E-state index contributed by atoms with van der Waals surface area (Å²) in [4.78, 5) is 4.22. The van der Waals surface area contributed by atoms with Crippen LogP contribution in [0.15, 0.2) is 34.7 Å².